The minimum atomic E-state index is -1.06. The number of rotatable bonds is 4. The van der Waals surface area contributed by atoms with Crippen molar-refractivity contribution in [3.8, 4) is 5.69 Å². The monoisotopic (exact) mass is 424 g/mol. The quantitative estimate of drug-likeness (QED) is 0.507. The Morgan fingerprint density at radius 1 is 1.13 bits per heavy atom. The number of hydrogen-bond acceptors (Lipinski definition) is 5. The first-order valence-corrected chi connectivity index (χ1v) is 10.8. The van der Waals surface area contributed by atoms with Crippen LogP contribution in [0.1, 0.15) is 38.3 Å². The van der Waals surface area contributed by atoms with Crippen molar-refractivity contribution in [1.82, 2.24) is 9.78 Å². The Balaban J connectivity index is 1.81. The Morgan fingerprint density at radius 2 is 1.87 bits per heavy atom. The molecule has 30 heavy (non-hydrogen) atoms. The summed E-state index contributed by atoms with van der Waals surface area (Å²) in [6.07, 6.45) is 0. The van der Waals surface area contributed by atoms with Gasteiger partial charge in [0, 0.05) is 33.6 Å². The second-order valence-corrected chi connectivity index (χ2v) is 8.75. The normalized spacial score (nSPS) is 15.1. The van der Waals surface area contributed by atoms with Crippen LogP contribution in [0.15, 0.2) is 36.4 Å². The number of benzene rings is 2. The van der Waals surface area contributed by atoms with Gasteiger partial charge in [-0.25, -0.2) is 4.68 Å². The minimum absolute atomic E-state index is 0.114. The summed E-state index contributed by atoms with van der Waals surface area (Å²) in [5.41, 5.74) is 4.74. The second kappa shape index (κ2) is 7.49. The maximum atomic E-state index is 13.1. The molecule has 0 saturated heterocycles. The molecule has 0 fully saturated rings. The summed E-state index contributed by atoms with van der Waals surface area (Å²) in [5, 5.41) is 18.8. The van der Waals surface area contributed by atoms with Gasteiger partial charge >= 0.3 is 0 Å². The van der Waals surface area contributed by atoms with Crippen LogP contribution in [-0.4, -0.2) is 24.8 Å². The molecule has 4 rings (SSSR count). The van der Waals surface area contributed by atoms with Gasteiger partial charge in [-0.1, -0.05) is 18.2 Å². The maximum Gasteiger partial charge on any atom is 0.273 e. The van der Waals surface area contributed by atoms with Crippen molar-refractivity contribution in [2.45, 2.75) is 32.3 Å². The van der Waals surface area contributed by atoms with E-state index < -0.39 is 21.6 Å². The molecule has 1 aromatic heterocycles. The van der Waals surface area contributed by atoms with E-state index >= 15 is 0 Å². The van der Waals surface area contributed by atoms with Crippen LogP contribution < -0.4 is 5.32 Å². The van der Waals surface area contributed by atoms with Crippen LogP contribution in [0.5, 0.6) is 0 Å². The number of aryl methyl sites for hydroxylation is 1. The first-order valence-electron chi connectivity index (χ1n) is 9.35. The van der Waals surface area contributed by atoms with Crippen molar-refractivity contribution in [2.75, 3.05) is 5.32 Å². The molecule has 0 unspecified atom stereocenters. The third-order valence-electron chi connectivity index (χ3n) is 5.45. The van der Waals surface area contributed by atoms with Crippen molar-refractivity contribution in [2.24, 2.45) is 0 Å². The number of anilines is 1. The fourth-order valence-corrected chi connectivity index (χ4v) is 4.90. The molecule has 0 radical (unpaired) electrons. The number of nitro benzene ring substituents is 1. The number of hydrogen-bond donors (Lipinski definition) is 1. The van der Waals surface area contributed by atoms with Crippen LogP contribution in [0.3, 0.4) is 0 Å². The van der Waals surface area contributed by atoms with Gasteiger partial charge in [0.05, 0.1) is 27.8 Å². The smallest absolute Gasteiger partial charge is 0.273 e. The van der Waals surface area contributed by atoms with E-state index in [1.807, 2.05) is 32.0 Å². The van der Waals surface area contributed by atoms with Crippen molar-refractivity contribution >= 4 is 28.2 Å². The van der Waals surface area contributed by atoms with Gasteiger partial charge in [0.25, 0.3) is 11.6 Å². The SMILES string of the molecule is Cc1cccc(-n2nc3c(c2NC(=O)c2cccc([N+](=O)[O-])c2C)C[S@](=O)C3)c1C. The topological polar surface area (TPSA) is 107 Å². The zero-order valence-electron chi connectivity index (χ0n) is 16.8. The third-order valence-corrected chi connectivity index (χ3v) is 6.66. The Morgan fingerprint density at radius 3 is 2.60 bits per heavy atom. The second-order valence-electron chi connectivity index (χ2n) is 7.29. The summed E-state index contributed by atoms with van der Waals surface area (Å²) in [5.74, 6) is 0.638. The lowest BCUT2D eigenvalue weighted by atomic mass is 10.1. The molecule has 154 valence electrons. The summed E-state index contributed by atoms with van der Waals surface area (Å²) < 4.78 is 13.8. The lowest BCUT2D eigenvalue weighted by Gasteiger charge is -2.15. The Hall–Kier alpha value is -3.33. The van der Waals surface area contributed by atoms with Gasteiger partial charge in [0.15, 0.2) is 0 Å². The van der Waals surface area contributed by atoms with E-state index in [4.69, 9.17) is 0 Å². The average Bonchev–Trinajstić information content (AvgIpc) is 3.20. The number of nitro groups is 1. The predicted molar refractivity (Wildman–Crippen MR) is 114 cm³/mol. The zero-order chi connectivity index (χ0) is 21.6. The van der Waals surface area contributed by atoms with Crippen molar-refractivity contribution in [3.63, 3.8) is 0 Å². The maximum absolute atomic E-state index is 13.1. The number of carbonyl (C=O) groups is 1. The van der Waals surface area contributed by atoms with E-state index in [2.05, 4.69) is 10.4 Å². The van der Waals surface area contributed by atoms with Gasteiger partial charge in [0.2, 0.25) is 0 Å². The van der Waals surface area contributed by atoms with Gasteiger partial charge < -0.3 is 5.32 Å². The van der Waals surface area contributed by atoms with Crippen molar-refractivity contribution < 1.29 is 13.9 Å². The first kappa shape index (κ1) is 20.0. The van der Waals surface area contributed by atoms with Gasteiger partial charge in [-0.05, 0) is 44.0 Å². The molecular weight excluding hydrogens is 404 g/mol. The number of nitrogens with zero attached hydrogens (tertiary/aromatic N) is 3. The number of nitrogens with one attached hydrogen (secondary N) is 1. The first-order chi connectivity index (χ1) is 14.3. The van der Waals surface area contributed by atoms with Gasteiger partial charge in [-0.15, -0.1) is 0 Å². The van der Waals surface area contributed by atoms with E-state index in [0.29, 0.717) is 23.0 Å². The van der Waals surface area contributed by atoms with Crippen LogP contribution >= 0.6 is 0 Å². The Kier molecular flexibility index (Phi) is 4.98. The van der Waals surface area contributed by atoms with E-state index in [1.165, 1.54) is 12.1 Å². The van der Waals surface area contributed by atoms with Crippen LogP contribution in [0.2, 0.25) is 0 Å². The molecule has 2 aromatic carbocycles. The Bertz CT molecular complexity index is 1230. The van der Waals surface area contributed by atoms with Gasteiger partial charge in [0.1, 0.15) is 5.82 Å². The summed E-state index contributed by atoms with van der Waals surface area (Å²) in [7, 11) is -1.06. The molecule has 1 aliphatic heterocycles. The highest BCUT2D eigenvalue weighted by Gasteiger charge is 2.29. The summed E-state index contributed by atoms with van der Waals surface area (Å²) in [6, 6.07) is 10.2. The number of amides is 1. The van der Waals surface area contributed by atoms with Crippen LogP contribution in [-0.2, 0) is 22.3 Å². The van der Waals surface area contributed by atoms with Crippen molar-refractivity contribution in [3.05, 3.63) is 80.0 Å². The number of aromatic nitrogens is 2. The van der Waals surface area contributed by atoms with E-state index in [-0.39, 0.29) is 16.8 Å². The summed E-state index contributed by atoms with van der Waals surface area (Å²) >= 11 is 0. The van der Waals surface area contributed by atoms with Crippen molar-refractivity contribution in [1.29, 1.82) is 0 Å². The third kappa shape index (κ3) is 3.30. The summed E-state index contributed by atoms with van der Waals surface area (Å²) in [6.45, 7) is 5.52. The molecule has 0 aliphatic carbocycles. The van der Waals surface area contributed by atoms with E-state index in [0.717, 1.165) is 22.4 Å². The van der Waals surface area contributed by atoms with Gasteiger partial charge in [-0.3, -0.25) is 19.1 Å². The van der Waals surface area contributed by atoms with Crippen LogP contribution in [0, 0.1) is 30.9 Å². The zero-order valence-corrected chi connectivity index (χ0v) is 17.6. The largest absolute Gasteiger partial charge is 0.306 e. The molecule has 1 N–H and O–H groups in total. The molecule has 1 aliphatic rings. The van der Waals surface area contributed by atoms with E-state index in [9.17, 15) is 19.1 Å². The molecule has 9 heteroatoms. The molecule has 0 saturated carbocycles. The molecule has 1 atom stereocenters. The molecule has 0 spiro atoms. The average molecular weight is 424 g/mol. The predicted octanol–water partition coefficient (Wildman–Crippen LogP) is 3.72. The lowest BCUT2D eigenvalue weighted by Crippen LogP contribution is -2.18. The standard InChI is InChI=1S/C21H20N4O4S/c1-12-6-4-8-18(13(12)2)24-20(16-10-30(29)11-17(16)23-24)22-21(26)15-7-5-9-19(14(15)3)25(27)28/h4-9H,10-11H2,1-3H3,(H,22,26)/t30-/m0/s1. The minimum Gasteiger partial charge on any atom is -0.306 e. The molecule has 2 heterocycles. The summed E-state index contributed by atoms with van der Waals surface area (Å²) in [4.78, 5) is 23.8. The lowest BCUT2D eigenvalue weighted by molar-refractivity contribution is -0.385. The van der Waals surface area contributed by atoms with Crippen LogP contribution in [0.4, 0.5) is 11.5 Å². The highest BCUT2D eigenvalue weighted by atomic mass is 32.2. The fourth-order valence-electron chi connectivity index (χ4n) is 3.64. The Labute approximate surface area is 175 Å². The highest BCUT2D eigenvalue weighted by Crippen LogP contribution is 2.33. The molecule has 8 nitrogen and oxygen atoms in total. The molecular formula is C21H20N4O4S. The van der Waals surface area contributed by atoms with Gasteiger partial charge in [-0.2, -0.15) is 5.10 Å². The number of carbonyl (C=O) groups excluding carboxylic acids is 1. The van der Waals surface area contributed by atoms with E-state index in [1.54, 1.807) is 17.7 Å². The molecule has 0 bridgehead atoms. The number of fused-ring (bicyclic) bond motifs is 1. The molecule has 1 amide bonds. The fraction of sp³-hybridized carbons (Fsp3) is 0.238. The van der Waals surface area contributed by atoms with Crippen LogP contribution in [0.25, 0.3) is 5.69 Å². The molecule has 3 aromatic rings. The highest BCUT2D eigenvalue weighted by molar-refractivity contribution is 7.83.